The smallest absolute Gasteiger partial charge is 0.266 e. The van der Waals surface area contributed by atoms with Crippen molar-refractivity contribution in [1.82, 2.24) is 5.32 Å². The number of rotatable bonds is 4. The number of hydrogen-bond donors (Lipinski definition) is 1. The Morgan fingerprint density at radius 1 is 1.27 bits per heavy atom. The highest BCUT2D eigenvalue weighted by atomic mass is 19.3. The highest BCUT2D eigenvalue weighted by Crippen LogP contribution is 2.13. The van der Waals surface area contributed by atoms with Crippen molar-refractivity contribution in [2.24, 2.45) is 0 Å². The molecule has 2 atom stereocenters. The van der Waals surface area contributed by atoms with Gasteiger partial charge < -0.3 is 0 Å². The zero-order valence-electron chi connectivity index (χ0n) is 8.32. The molecule has 0 aliphatic heterocycles. The van der Waals surface area contributed by atoms with Gasteiger partial charge >= 0.3 is 0 Å². The van der Waals surface area contributed by atoms with Gasteiger partial charge in [-0.05, 0) is 12.5 Å². The second-order valence-electron chi connectivity index (χ2n) is 3.24. The molecule has 0 heterocycles. The van der Waals surface area contributed by atoms with Crippen LogP contribution in [0.15, 0.2) is 30.3 Å². The van der Waals surface area contributed by atoms with Crippen LogP contribution in [0.3, 0.4) is 0 Å². The number of benzene rings is 1. The summed E-state index contributed by atoms with van der Waals surface area (Å²) in [6.07, 6.45) is -2.67. The number of nitrogens with one attached hydrogen (secondary N) is 1. The minimum atomic E-state index is -2.67. The molecule has 1 aromatic carbocycles. The van der Waals surface area contributed by atoms with Gasteiger partial charge in [-0.2, -0.15) is 5.26 Å². The molecule has 0 radical (unpaired) electrons. The molecule has 0 saturated heterocycles. The molecule has 1 aromatic rings. The van der Waals surface area contributed by atoms with Gasteiger partial charge in [0.2, 0.25) is 0 Å². The van der Waals surface area contributed by atoms with E-state index in [1.54, 1.807) is 13.0 Å². The molecule has 1 rings (SSSR count). The third-order valence-corrected chi connectivity index (χ3v) is 2.12. The van der Waals surface area contributed by atoms with Crippen LogP contribution in [0.1, 0.15) is 18.5 Å². The molecular formula is C11H12F2N2. The van der Waals surface area contributed by atoms with Crippen LogP contribution in [0.25, 0.3) is 0 Å². The number of alkyl halides is 2. The summed E-state index contributed by atoms with van der Waals surface area (Å²) in [7, 11) is 0. The maximum Gasteiger partial charge on any atom is 0.266 e. The zero-order chi connectivity index (χ0) is 11.3. The van der Waals surface area contributed by atoms with E-state index < -0.39 is 12.5 Å². The van der Waals surface area contributed by atoms with Crippen molar-refractivity contribution in [3.63, 3.8) is 0 Å². The Labute approximate surface area is 87.5 Å². The Bertz CT molecular complexity index is 332. The van der Waals surface area contributed by atoms with Crippen molar-refractivity contribution in [1.29, 1.82) is 5.26 Å². The number of nitriles is 1. The lowest BCUT2D eigenvalue weighted by molar-refractivity contribution is 0.116. The predicted octanol–water partition coefficient (Wildman–Crippen LogP) is 2.49. The summed E-state index contributed by atoms with van der Waals surface area (Å²) in [5.74, 6) is 0. The minimum Gasteiger partial charge on any atom is -0.291 e. The van der Waals surface area contributed by atoms with Gasteiger partial charge in [0.25, 0.3) is 6.43 Å². The van der Waals surface area contributed by atoms with Crippen LogP contribution in [0.5, 0.6) is 0 Å². The molecule has 80 valence electrons. The monoisotopic (exact) mass is 210 g/mol. The summed E-state index contributed by atoms with van der Waals surface area (Å²) in [6.45, 7) is 1.75. The normalized spacial score (nSPS) is 14.6. The van der Waals surface area contributed by atoms with Crippen molar-refractivity contribution in [2.45, 2.75) is 25.4 Å². The summed E-state index contributed by atoms with van der Waals surface area (Å²) in [5, 5.41) is 11.1. The quantitative estimate of drug-likeness (QED) is 0.828. The lowest BCUT2D eigenvalue weighted by atomic mass is 10.1. The first-order valence-corrected chi connectivity index (χ1v) is 4.64. The minimum absolute atomic E-state index is 0.259. The average molecular weight is 210 g/mol. The highest BCUT2D eigenvalue weighted by Gasteiger charge is 2.21. The Morgan fingerprint density at radius 3 is 2.33 bits per heavy atom. The van der Waals surface area contributed by atoms with Gasteiger partial charge in [-0.1, -0.05) is 30.3 Å². The largest absolute Gasteiger partial charge is 0.291 e. The fourth-order valence-corrected chi connectivity index (χ4v) is 1.27. The van der Waals surface area contributed by atoms with Crippen LogP contribution in [-0.2, 0) is 0 Å². The van der Waals surface area contributed by atoms with E-state index in [-0.39, 0.29) is 6.04 Å². The average Bonchev–Trinajstić information content (AvgIpc) is 2.26. The Balaban J connectivity index is 2.64. The van der Waals surface area contributed by atoms with Gasteiger partial charge in [0, 0.05) is 6.04 Å². The van der Waals surface area contributed by atoms with Gasteiger partial charge in [-0.15, -0.1) is 0 Å². The van der Waals surface area contributed by atoms with Crippen molar-refractivity contribution in [2.75, 3.05) is 0 Å². The lowest BCUT2D eigenvalue weighted by Gasteiger charge is -2.17. The molecule has 2 nitrogen and oxygen atoms in total. The molecule has 0 amide bonds. The Morgan fingerprint density at radius 2 is 1.87 bits per heavy atom. The molecule has 0 bridgehead atoms. The second kappa shape index (κ2) is 5.42. The summed E-state index contributed by atoms with van der Waals surface area (Å²) < 4.78 is 24.6. The standard InChI is InChI=1S/C11H12F2N2/c1-8(9-5-3-2-4-6-9)15-10(7-14)11(12)13/h2-6,8,10-11,15H,1H3/t8-,10+/m1/s1. The summed E-state index contributed by atoms with van der Waals surface area (Å²) in [5.41, 5.74) is 0.887. The number of hydrogen-bond acceptors (Lipinski definition) is 2. The molecule has 4 heteroatoms. The van der Waals surface area contributed by atoms with E-state index in [0.29, 0.717) is 0 Å². The van der Waals surface area contributed by atoms with Gasteiger partial charge in [-0.25, -0.2) is 8.78 Å². The molecule has 0 spiro atoms. The van der Waals surface area contributed by atoms with Gasteiger partial charge in [0.05, 0.1) is 6.07 Å². The fraction of sp³-hybridized carbons (Fsp3) is 0.364. The Kier molecular flexibility index (Phi) is 4.19. The Hall–Kier alpha value is -1.47. The van der Waals surface area contributed by atoms with E-state index in [2.05, 4.69) is 5.32 Å². The molecule has 0 saturated carbocycles. The number of nitrogens with zero attached hydrogens (tertiary/aromatic N) is 1. The van der Waals surface area contributed by atoms with Crippen molar-refractivity contribution in [3.05, 3.63) is 35.9 Å². The van der Waals surface area contributed by atoms with E-state index in [4.69, 9.17) is 5.26 Å². The molecule has 0 aliphatic rings. The highest BCUT2D eigenvalue weighted by molar-refractivity contribution is 5.18. The fourth-order valence-electron chi connectivity index (χ4n) is 1.27. The first kappa shape index (κ1) is 11.6. The van der Waals surface area contributed by atoms with Gasteiger partial charge in [0.1, 0.15) is 0 Å². The zero-order valence-corrected chi connectivity index (χ0v) is 8.32. The summed E-state index contributed by atoms with van der Waals surface area (Å²) in [4.78, 5) is 0. The molecule has 0 unspecified atom stereocenters. The first-order valence-electron chi connectivity index (χ1n) is 4.64. The van der Waals surface area contributed by atoms with Crippen molar-refractivity contribution >= 4 is 0 Å². The topological polar surface area (TPSA) is 35.8 Å². The van der Waals surface area contributed by atoms with Crippen molar-refractivity contribution < 1.29 is 8.78 Å². The van der Waals surface area contributed by atoms with Crippen LogP contribution in [0.4, 0.5) is 8.78 Å². The van der Waals surface area contributed by atoms with Gasteiger partial charge in [0.15, 0.2) is 6.04 Å². The predicted molar refractivity (Wildman–Crippen MR) is 53.4 cm³/mol. The number of halogens is 2. The molecule has 1 N–H and O–H groups in total. The molecule has 0 fully saturated rings. The van der Waals surface area contributed by atoms with Gasteiger partial charge in [-0.3, -0.25) is 5.32 Å². The van der Waals surface area contributed by atoms with Crippen LogP contribution >= 0.6 is 0 Å². The molecule has 15 heavy (non-hydrogen) atoms. The summed E-state index contributed by atoms with van der Waals surface area (Å²) >= 11 is 0. The summed E-state index contributed by atoms with van der Waals surface area (Å²) in [6, 6.07) is 9.04. The van der Waals surface area contributed by atoms with Crippen LogP contribution in [0, 0.1) is 11.3 Å². The second-order valence-corrected chi connectivity index (χ2v) is 3.24. The van der Waals surface area contributed by atoms with E-state index >= 15 is 0 Å². The molecule has 0 aliphatic carbocycles. The van der Waals surface area contributed by atoms with E-state index in [1.165, 1.54) is 0 Å². The molecule has 0 aromatic heterocycles. The molecular weight excluding hydrogens is 198 g/mol. The maximum absolute atomic E-state index is 12.3. The van der Waals surface area contributed by atoms with Crippen molar-refractivity contribution in [3.8, 4) is 6.07 Å². The van der Waals surface area contributed by atoms with E-state index in [9.17, 15) is 8.78 Å². The maximum atomic E-state index is 12.3. The van der Waals surface area contributed by atoms with E-state index in [1.807, 2.05) is 30.3 Å². The third-order valence-electron chi connectivity index (χ3n) is 2.12. The third kappa shape index (κ3) is 3.30. The van der Waals surface area contributed by atoms with Crippen LogP contribution < -0.4 is 5.32 Å². The lowest BCUT2D eigenvalue weighted by Crippen LogP contribution is -2.36. The van der Waals surface area contributed by atoms with Crippen LogP contribution in [0.2, 0.25) is 0 Å². The SMILES string of the molecule is C[C@@H](N[C@@H](C#N)C(F)F)c1ccccc1. The van der Waals surface area contributed by atoms with E-state index in [0.717, 1.165) is 5.56 Å². The van der Waals surface area contributed by atoms with Crippen LogP contribution in [-0.4, -0.2) is 12.5 Å². The first-order chi connectivity index (χ1) is 7.15.